The standard InChI is InChI=1S/C25H41N5O4/c1-18(2)14-29-8-10-33-20(16-29)12-26-24(31)22-6-5-7-23(28-22)25(32)27-13-21-17-30(9-11-34-21)15-19(3)4/h5-7,18-21H,8-17H2,1-4H3,(H,26,31)(H,27,32). The first-order valence-corrected chi connectivity index (χ1v) is 12.5. The molecule has 9 heteroatoms. The number of hydrogen-bond acceptors (Lipinski definition) is 7. The fourth-order valence-corrected chi connectivity index (χ4v) is 4.45. The Morgan fingerprint density at radius 2 is 1.32 bits per heavy atom. The van der Waals surface area contributed by atoms with Gasteiger partial charge >= 0.3 is 0 Å². The molecule has 2 aliphatic rings. The van der Waals surface area contributed by atoms with Crippen molar-refractivity contribution in [3.63, 3.8) is 0 Å². The van der Waals surface area contributed by atoms with E-state index in [0.717, 1.165) is 39.3 Å². The van der Waals surface area contributed by atoms with E-state index in [9.17, 15) is 9.59 Å². The first-order valence-electron chi connectivity index (χ1n) is 12.5. The van der Waals surface area contributed by atoms with Gasteiger partial charge in [-0.2, -0.15) is 0 Å². The Labute approximate surface area is 203 Å². The molecule has 0 aromatic carbocycles. The molecule has 2 aliphatic heterocycles. The lowest BCUT2D eigenvalue weighted by atomic mass is 10.1. The van der Waals surface area contributed by atoms with E-state index in [4.69, 9.17) is 9.47 Å². The van der Waals surface area contributed by atoms with E-state index in [1.165, 1.54) is 0 Å². The summed E-state index contributed by atoms with van der Waals surface area (Å²) in [6.07, 6.45) is -0.0950. The summed E-state index contributed by atoms with van der Waals surface area (Å²) < 4.78 is 11.6. The first kappa shape index (κ1) is 26.5. The van der Waals surface area contributed by atoms with Crippen LogP contribution in [-0.2, 0) is 9.47 Å². The number of rotatable bonds is 10. The molecule has 2 N–H and O–H groups in total. The molecule has 2 fully saturated rings. The molecule has 34 heavy (non-hydrogen) atoms. The van der Waals surface area contributed by atoms with Gasteiger partial charge in [-0.3, -0.25) is 19.4 Å². The number of amides is 2. The van der Waals surface area contributed by atoms with Crippen LogP contribution in [0, 0.1) is 11.8 Å². The molecular weight excluding hydrogens is 434 g/mol. The van der Waals surface area contributed by atoms with Crippen molar-refractivity contribution in [3.05, 3.63) is 29.6 Å². The highest BCUT2D eigenvalue weighted by Gasteiger charge is 2.23. The van der Waals surface area contributed by atoms with Gasteiger partial charge in [0.1, 0.15) is 11.4 Å². The molecule has 2 atom stereocenters. The van der Waals surface area contributed by atoms with E-state index in [1.807, 2.05) is 0 Å². The van der Waals surface area contributed by atoms with Crippen molar-refractivity contribution in [1.29, 1.82) is 0 Å². The van der Waals surface area contributed by atoms with Gasteiger partial charge in [-0.1, -0.05) is 33.8 Å². The Hall–Kier alpha value is -2.07. The molecule has 0 spiro atoms. The average molecular weight is 476 g/mol. The van der Waals surface area contributed by atoms with E-state index in [2.05, 4.69) is 53.1 Å². The zero-order valence-electron chi connectivity index (χ0n) is 21.1. The zero-order valence-corrected chi connectivity index (χ0v) is 21.1. The Morgan fingerprint density at radius 3 is 1.74 bits per heavy atom. The number of morpholine rings is 2. The molecule has 0 aliphatic carbocycles. The molecule has 3 heterocycles. The molecular formula is C25H41N5O4. The number of ether oxygens (including phenoxy) is 2. The van der Waals surface area contributed by atoms with E-state index in [0.29, 0.717) is 38.1 Å². The highest BCUT2D eigenvalue weighted by Crippen LogP contribution is 2.09. The summed E-state index contributed by atoms with van der Waals surface area (Å²) in [4.78, 5) is 34.3. The number of nitrogens with zero attached hydrogens (tertiary/aromatic N) is 3. The van der Waals surface area contributed by atoms with Gasteiger partial charge in [-0.05, 0) is 24.0 Å². The molecule has 0 bridgehead atoms. The Morgan fingerprint density at radius 1 is 0.882 bits per heavy atom. The van der Waals surface area contributed by atoms with Crippen molar-refractivity contribution < 1.29 is 19.1 Å². The molecule has 3 rings (SSSR count). The molecule has 2 unspecified atom stereocenters. The number of nitrogens with one attached hydrogen (secondary N) is 2. The number of pyridine rings is 1. The number of hydrogen-bond donors (Lipinski definition) is 2. The Balaban J connectivity index is 1.46. The van der Waals surface area contributed by atoms with Gasteiger partial charge in [0.05, 0.1) is 25.4 Å². The van der Waals surface area contributed by atoms with Crippen LogP contribution < -0.4 is 10.6 Å². The summed E-state index contributed by atoms with van der Waals surface area (Å²) in [5.41, 5.74) is 0.444. The van der Waals surface area contributed by atoms with Crippen molar-refractivity contribution in [1.82, 2.24) is 25.4 Å². The van der Waals surface area contributed by atoms with Gasteiger partial charge < -0.3 is 20.1 Å². The second-order valence-electron chi connectivity index (χ2n) is 10.1. The molecule has 1 aromatic heterocycles. The third-order valence-corrected chi connectivity index (χ3v) is 5.89. The summed E-state index contributed by atoms with van der Waals surface area (Å²) in [5, 5.41) is 5.80. The lowest BCUT2D eigenvalue weighted by Crippen LogP contribution is -2.48. The van der Waals surface area contributed by atoms with Crippen LogP contribution in [0.4, 0.5) is 0 Å². The van der Waals surface area contributed by atoms with Gasteiger partial charge in [-0.15, -0.1) is 0 Å². The van der Waals surface area contributed by atoms with E-state index >= 15 is 0 Å². The number of aromatic nitrogens is 1. The fourth-order valence-electron chi connectivity index (χ4n) is 4.45. The van der Waals surface area contributed by atoms with Gasteiger partial charge in [0.25, 0.3) is 11.8 Å². The number of carbonyl (C=O) groups excluding carboxylic acids is 2. The lowest BCUT2D eigenvalue weighted by molar-refractivity contribution is -0.0296. The van der Waals surface area contributed by atoms with E-state index < -0.39 is 0 Å². The minimum absolute atomic E-state index is 0.0475. The topological polar surface area (TPSA) is 96.0 Å². The smallest absolute Gasteiger partial charge is 0.269 e. The van der Waals surface area contributed by atoms with Crippen LogP contribution in [0.5, 0.6) is 0 Å². The van der Waals surface area contributed by atoms with Crippen LogP contribution in [0.3, 0.4) is 0 Å². The van der Waals surface area contributed by atoms with Crippen molar-refractivity contribution in [3.8, 4) is 0 Å². The van der Waals surface area contributed by atoms with Crippen LogP contribution in [0.25, 0.3) is 0 Å². The third-order valence-electron chi connectivity index (χ3n) is 5.89. The third kappa shape index (κ3) is 8.61. The lowest BCUT2D eigenvalue weighted by Gasteiger charge is -2.34. The van der Waals surface area contributed by atoms with Gasteiger partial charge in [0.2, 0.25) is 0 Å². The van der Waals surface area contributed by atoms with Crippen LogP contribution in [0.15, 0.2) is 18.2 Å². The fraction of sp³-hybridized carbons (Fsp3) is 0.720. The van der Waals surface area contributed by atoms with Gasteiger partial charge in [0.15, 0.2) is 0 Å². The summed E-state index contributed by atoms with van der Waals surface area (Å²) in [6.45, 7) is 16.4. The molecule has 1 aromatic rings. The van der Waals surface area contributed by atoms with Gasteiger partial charge in [-0.25, -0.2) is 4.98 Å². The molecule has 2 amide bonds. The van der Waals surface area contributed by atoms with Gasteiger partial charge in [0, 0.05) is 52.4 Å². The van der Waals surface area contributed by atoms with Crippen molar-refractivity contribution in [2.45, 2.75) is 39.9 Å². The summed E-state index contributed by atoms with van der Waals surface area (Å²) in [5.74, 6) is 0.573. The minimum Gasteiger partial charge on any atom is -0.374 e. The summed E-state index contributed by atoms with van der Waals surface area (Å²) >= 11 is 0. The van der Waals surface area contributed by atoms with Crippen LogP contribution in [-0.4, -0.2) is 104 Å². The maximum Gasteiger partial charge on any atom is 0.269 e. The molecule has 190 valence electrons. The Kier molecular flexibility index (Phi) is 10.2. The monoisotopic (exact) mass is 475 g/mol. The summed E-state index contributed by atoms with van der Waals surface area (Å²) in [6, 6.07) is 4.92. The first-order chi connectivity index (χ1) is 16.3. The van der Waals surface area contributed by atoms with Crippen LogP contribution >= 0.6 is 0 Å². The second-order valence-corrected chi connectivity index (χ2v) is 10.1. The molecule has 0 saturated carbocycles. The molecule has 9 nitrogen and oxygen atoms in total. The maximum atomic E-state index is 12.7. The average Bonchev–Trinajstić information content (AvgIpc) is 2.81. The van der Waals surface area contributed by atoms with Crippen LogP contribution in [0.2, 0.25) is 0 Å². The molecule has 2 saturated heterocycles. The quantitative estimate of drug-likeness (QED) is 0.526. The SMILES string of the molecule is CC(C)CN1CCOC(CNC(=O)c2cccc(C(=O)NCC3CN(CC(C)C)CCO3)n2)C1. The normalized spacial score (nSPS) is 22.2. The van der Waals surface area contributed by atoms with Crippen LogP contribution in [0.1, 0.15) is 48.7 Å². The predicted octanol–water partition coefficient (Wildman–Crippen LogP) is 1.25. The van der Waals surface area contributed by atoms with E-state index in [1.54, 1.807) is 18.2 Å². The van der Waals surface area contributed by atoms with Crippen molar-refractivity contribution >= 4 is 11.8 Å². The Bertz CT molecular complexity index is 742. The van der Waals surface area contributed by atoms with E-state index in [-0.39, 0.29) is 35.4 Å². The second kappa shape index (κ2) is 13.1. The zero-order chi connectivity index (χ0) is 24.5. The molecule has 0 radical (unpaired) electrons. The highest BCUT2D eigenvalue weighted by atomic mass is 16.5. The minimum atomic E-state index is -0.306. The predicted molar refractivity (Wildman–Crippen MR) is 131 cm³/mol. The highest BCUT2D eigenvalue weighted by molar-refractivity contribution is 5.96. The maximum absolute atomic E-state index is 12.7. The van der Waals surface area contributed by atoms with Crippen molar-refractivity contribution in [2.75, 3.05) is 65.6 Å². The van der Waals surface area contributed by atoms with Crippen molar-refractivity contribution in [2.24, 2.45) is 11.8 Å². The largest absolute Gasteiger partial charge is 0.374 e. The number of carbonyl (C=O) groups is 2. The summed E-state index contributed by atoms with van der Waals surface area (Å²) in [7, 11) is 0.